The normalized spacial score (nSPS) is 40.6. The van der Waals surface area contributed by atoms with Crippen LogP contribution in [0.15, 0.2) is 0 Å². The first kappa shape index (κ1) is 22.3. The molecule has 7 unspecified atom stereocenters. The fourth-order valence-corrected chi connectivity index (χ4v) is 5.16. The number of amides is 1. The maximum Gasteiger partial charge on any atom is 0.229 e. The Balaban J connectivity index is 1.35. The maximum absolute atomic E-state index is 13.7. The van der Waals surface area contributed by atoms with Gasteiger partial charge >= 0.3 is 0 Å². The molecule has 4 rings (SSSR count). The van der Waals surface area contributed by atoms with Crippen LogP contribution in [0.2, 0.25) is 0 Å². The van der Waals surface area contributed by atoms with E-state index in [1.165, 1.54) is 6.42 Å². The number of hydrogen-bond acceptors (Lipinski definition) is 9. The van der Waals surface area contributed by atoms with E-state index in [0.717, 1.165) is 39.1 Å². The topological polar surface area (TPSA) is 113 Å². The van der Waals surface area contributed by atoms with Gasteiger partial charge in [-0.3, -0.25) is 15.5 Å². The summed E-state index contributed by atoms with van der Waals surface area (Å²) >= 11 is 0. The van der Waals surface area contributed by atoms with Crippen LogP contribution in [-0.4, -0.2) is 111 Å². The van der Waals surface area contributed by atoms with E-state index in [1.807, 2.05) is 0 Å². The van der Waals surface area contributed by atoms with E-state index in [-0.39, 0.29) is 37.2 Å². The van der Waals surface area contributed by atoms with Crippen molar-refractivity contribution in [2.75, 3.05) is 59.9 Å². The van der Waals surface area contributed by atoms with E-state index in [0.29, 0.717) is 5.92 Å². The molecule has 0 radical (unpaired) electrons. The SMILES string of the molecule is CN(C)CCC1CNN(C2CCNCC2NC(=O)C2C(N)NN3CC(F)CNC23)C1. The Morgan fingerprint density at radius 1 is 1.23 bits per heavy atom. The third-order valence-corrected chi connectivity index (χ3v) is 6.82. The number of piperidine rings is 1. The number of hydrazine groups is 2. The van der Waals surface area contributed by atoms with Gasteiger partial charge in [-0.2, -0.15) is 0 Å². The Bertz CT molecular complexity index is 596. The Hall–Kier alpha value is -0.920. The largest absolute Gasteiger partial charge is 0.350 e. The Morgan fingerprint density at radius 3 is 2.87 bits per heavy atom. The number of nitrogens with one attached hydrogen (secondary N) is 5. The fraction of sp³-hybridized carbons (Fsp3) is 0.947. The molecule has 11 heteroatoms. The first-order valence-electron chi connectivity index (χ1n) is 11.2. The summed E-state index contributed by atoms with van der Waals surface area (Å²) in [6, 6.07) is 0.251. The quantitative estimate of drug-likeness (QED) is 0.268. The highest BCUT2D eigenvalue weighted by atomic mass is 19.1. The molecular weight excluding hydrogens is 389 g/mol. The lowest BCUT2D eigenvalue weighted by Gasteiger charge is -2.39. The lowest BCUT2D eigenvalue weighted by Crippen LogP contribution is -2.64. The summed E-state index contributed by atoms with van der Waals surface area (Å²) in [5.41, 5.74) is 12.8. The maximum atomic E-state index is 13.7. The highest BCUT2D eigenvalue weighted by molar-refractivity contribution is 5.81. The van der Waals surface area contributed by atoms with Crippen molar-refractivity contribution in [1.29, 1.82) is 0 Å². The molecule has 10 nitrogen and oxygen atoms in total. The minimum absolute atomic E-state index is 0.00473. The fourth-order valence-electron chi connectivity index (χ4n) is 5.16. The third-order valence-electron chi connectivity index (χ3n) is 6.82. The van der Waals surface area contributed by atoms with Gasteiger partial charge < -0.3 is 21.3 Å². The lowest BCUT2D eigenvalue weighted by atomic mass is 9.96. The molecule has 7 atom stereocenters. The predicted octanol–water partition coefficient (Wildman–Crippen LogP) is -2.79. The number of rotatable bonds is 6. The summed E-state index contributed by atoms with van der Waals surface area (Å²) in [5, 5.41) is 13.9. The number of carbonyl (C=O) groups is 1. The van der Waals surface area contributed by atoms with Crippen LogP contribution >= 0.6 is 0 Å². The van der Waals surface area contributed by atoms with E-state index < -0.39 is 18.3 Å². The standard InChI is InChI=1S/C19H38FN9O/c1-27(2)6-4-12-7-24-28(10-12)15-3-5-22-9-14(15)25-19(30)16-17(21)26-29-11-13(20)8-23-18(16)29/h12-18,22-24,26H,3-11,21H2,1-2H3,(H,25,30). The van der Waals surface area contributed by atoms with Gasteiger partial charge in [-0.1, -0.05) is 0 Å². The molecule has 4 saturated heterocycles. The molecule has 4 aliphatic heterocycles. The number of alkyl halides is 1. The summed E-state index contributed by atoms with van der Waals surface area (Å²) in [6.07, 6.45) is 0.381. The molecule has 4 heterocycles. The molecule has 4 aliphatic rings. The summed E-state index contributed by atoms with van der Waals surface area (Å²) in [6.45, 7) is 5.25. The first-order chi connectivity index (χ1) is 14.4. The molecule has 172 valence electrons. The first-order valence-corrected chi connectivity index (χ1v) is 11.2. The van der Waals surface area contributed by atoms with E-state index in [9.17, 15) is 9.18 Å². The van der Waals surface area contributed by atoms with E-state index >= 15 is 0 Å². The number of nitrogens with two attached hydrogens (primary N) is 1. The highest BCUT2D eigenvalue weighted by Crippen LogP contribution is 2.23. The van der Waals surface area contributed by atoms with E-state index in [4.69, 9.17) is 5.73 Å². The number of halogens is 1. The summed E-state index contributed by atoms with van der Waals surface area (Å²) in [5.74, 6) is 0.0913. The van der Waals surface area contributed by atoms with Crippen LogP contribution in [0.5, 0.6) is 0 Å². The zero-order valence-corrected chi connectivity index (χ0v) is 18.1. The van der Waals surface area contributed by atoms with Gasteiger partial charge in [0.25, 0.3) is 0 Å². The van der Waals surface area contributed by atoms with Crippen LogP contribution in [0.3, 0.4) is 0 Å². The van der Waals surface area contributed by atoms with Crippen LogP contribution in [-0.2, 0) is 4.79 Å². The molecule has 0 spiro atoms. The predicted molar refractivity (Wildman–Crippen MR) is 113 cm³/mol. The Kier molecular flexibility index (Phi) is 7.20. The summed E-state index contributed by atoms with van der Waals surface area (Å²) in [7, 11) is 4.22. The van der Waals surface area contributed by atoms with Gasteiger partial charge in [-0.15, -0.1) is 0 Å². The van der Waals surface area contributed by atoms with Gasteiger partial charge in [-0.05, 0) is 45.9 Å². The number of nitrogens with zero attached hydrogens (tertiary/aromatic N) is 3. The van der Waals surface area contributed by atoms with Crippen molar-refractivity contribution in [2.45, 2.75) is 43.4 Å². The highest BCUT2D eigenvalue weighted by Gasteiger charge is 2.48. The van der Waals surface area contributed by atoms with E-state index in [1.54, 1.807) is 5.01 Å². The molecule has 30 heavy (non-hydrogen) atoms. The van der Waals surface area contributed by atoms with E-state index in [2.05, 4.69) is 50.8 Å². The summed E-state index contributed by atoms with van der Waals surface area (Å²) in [4.78, 5) is 15.4. The Morgan fingerprint density at radius 2 is 2.07 bits per heavy atom. The second kappa shape index (κ2) is 9.70. The average Bonchev–Trinajstić information content (AvgIpc) is 3.30. The van der Waals surface area contributed by atoms with Gasteiger partial charge in [0.1, 0.15) is 6.17 Å². The van der Waals surface area contributed by atoms with Gasteiger partial charge in [-0.25, -0.2) is 19.8 Å². The minimum Gasteiger partial charge on any atom is -0.350 e. The van der Waals surface area contributed by atoms with Crippen LogP contribution in [0.4, 0.5) is 4.39 Å². The second-order valence-electron chi connectivity index (χ2n) is 9.43. The molecule has 0 aliphatic carbocycles. The van der Waals surface area contributed by atoms with Crippen molar-refractivity contribution < 1.29 is 9.18 Å². The van der Waals surface area contributed by atoms with Crippen LogP contribution in [0.1, 0.15) is 12.8 Å². The smallest absolute Gasteiger partial charge is 0.229 e. The van der Waals surface area contributed by atoms with Crippen molar-refractivity contribution in [1.82, 2.24) is 41.7 Å². The van der Waals surface area contributed by atoms with Gasteiger partial charge in [0.05, 0.1) is 24.3 Å². The van der Waals surface area contributed by atoms with Crippen molar-refractivity contribution in [2.24, 2.45) is 17.6 Å². The monoisotopic (exact) mass is 427 g/mol. The second-order valence-corrected chi connectivity index (χ2v) is 9.43. The molecule has 0 saturated carbocycles. The zero-order valence-electron chi connectivity index (χ0n) is 18.1. The average molecular weight is 428 g/mol. The van der Waals surface area contributed by atoms with Gasteiger partial charge in [0.15, 0.2) is 0 Å². The Labute approximate surface area is 178 Å². The van der Waals surface area contributed by atoms with Crippen LogP contribution in [0, 0.1) is 11.8 Å². The van der Waals surface area contributed by atoms with Crippen LogP contribution in [0.25, 0.3) is 0 Å². The zero-order chi connectivity index (χ0) is 21.3. The third kappa shape index (κ3) is 4.94. The van der Waals surface area contributed by atoms with Crippen molar-refractivity contribution >= 4 is 5.91 Å². The minimum atomic E-state index is -0.962. The van der Waals surface area contributed by atoms with Crippen molar-refractivity contribution in [3.63, 3.8) is 0 Å². The molecule has 0 aromatic carbocycles. The molecule has 4 fully saturated rings. The number of hydrogen-bond donors (Lipinski definition) is 6. The molecule has 1 amide bonds. The van der Waals surface area contributed by atoms with Crippen molar-refractivity contribution in [3.05, 3.63) is 0 Å². The van der Waals surface area contributed by atoms with Gasteiger partial charge in [0.2, 0.25) is 5.91 Å². The number of carbonyl (C=O) groups excluding carboxylic acids is 1. The van der Waals surface area contributed by atoms with Crippen LogP contribution < -0.4 is 32.5 Å². The molecule has 0 aromatic rings. The van der Waals surface area contributed by atoms with Crippen molar-refractivity contribution in [3.8, 4) is 0 Å². The summed E-state index contributed by atoms with van der Waals surface area (Å²) < 4.78 is 13.7. The molecular formula is C19H38FN9O. The van der Waals surface area contributed by atoms with Gasteiger partial charge in [0, 0.05) is 38.8 Å². The number of fused-ring (bicyclic) bond motifs is 1. The molecule has 0 bridgehead atoms. The molecule has 0 aromatic heterocycles. The lowest BCUT2D eigenvalue weighted by molar-refractivity contribution is -0.128. The molecule has 7 N–H and O–H groups in total.